The van der Waals surface area contributed by atoms with Crippen molar-refractivity contribution in [2.45, 2.75) is 56.1 Å². The summed E-state index contributed by atoms with van der Waals surface area (Å²) in [5.74, 6) is -3.71. The molecule has 2 heterocycles. The van der Waals surface area contributed by atoms with Gasteiger partial charge in [0.05, 0.1) is 26.5 Å². The quantitative estimate of drug-likeness (QED) is 0.157. The number of methoxy groups -OCH3 is 1. The Morgan fingerprint density at radius 2 is 1.68 bits per heavy atom. The van der Waals surface area contributed by atoms with Crippen LogP contribution in [0.1, 0.15) is 56.1 Å². The maximum atomic E-state index is 12.5. The Kier molecular flexibility index (Phi) is 12.6. The van der Waals surface area contributed by atoms with E-state index in [1.54, 1.807) is 12.2 Å². The van der Waals surface area contributed by atoms with E-state index in [1.165, 1.54) is 16.7 Å². The van der Waals surface area contributed by atoms with Gasteiger partial charge in [-0.15, -0.1) is 5.06 Å². The van der Waals surface area contributed by atoms with Crippen molar-refractivity contribution in [3.05, 3.63) is 71.9 Å². The average molecular weight is 695 g/mol. The van der Waals surface area contributed by atoms with E-state index in [9.17, 15) is 19.2 Å². The number of H-pyrrole nitrogens is 1. The maximum absolute atomic E-state index is 12.5. The number of aliphatic carboxylic acids is 3. The first kappa shape index (κ1) is 37.9. The van der Waals surface area contributed by atoms with Crippen LogP contribution < -0.4 is 10.1 Å². The molecule has 2 aliphatic rings. The number of nitrogens with zero attached hydrogens (tertiary/aromatic N) is 2. The van der Waals surface area contributed by atoms with Crippen molar-refractivity contribution < 1.29 is 49.2 Å². The Hall–Kier alpha value is -4.92. The molecular weight excluding hydrogens is 648 g/mol. The van der Waals surface area contributed by atoms with E-state index in [4.69, 9.17) is 30.0 Å². The lowest BCUT2D eigenvalue weighted by Gasteiger charge is -2.45. The number of carboxylic acid groups (broad SMARTS) is 3. The van der Waals surface area contributed by atoms with Gasteiger partial charge in [-0.2, -0.15) is 0 Å². The lowest BCUT2D eigenvalue weighted by atomic mass is 9.72. The third kappa shape index (κ3) is 9.40. The molecule has 270 valence electrons. The molecule has 0 bridgehead atoms. The molecule has 2 aromatic carbocycles. The van der Waals surface area contributed by atoms with Crippen molar-refractivity contribution in [1.82, 2.24) is 20.3 Å². The van der Waals surface area contributed by atoms with Crippen molar-refractivity contribution in [2.75, 3.05) is 40.8 Å². The number of amides is 1. The van der Waals surface area contributed by atoms with Crippen LogP contribution in [0.2, 0.25) is 0 Å². The molecule has 0 radical (unpaired) electrons. The van der Waals surface area contributed by atoms with E-state index >= 15 is 0 Å². The largest absolute Gasteiger partial charge is 0.497 e. The molecule has 1 aliphatic carbocycles. The second-order valence-electron chi connectivity index (χ2n) is 13.0. The summed E-state index contributed by atoms with van der Waals surface area (Å²) in [6, 6.07) is 16.9. The highest BCUT2D eigenvalue weighted by atomic mass is 16.7. The van der Waals surface area contributed by atoms with Gasteiger partial charge in [0.15, 0.2) is 5.60 Å². The van der Waals surface area contributed by atoms with Gasteiger partial charge in [-0.3, -0.25) is 14.5 Å². The van der Waals surface area contributed by atoms with Crippen molar-refractivity contribution in [2.24, 2.45) is 5.92 Å². The standard InChI is InChI=1S/C30H38N4O3.C6H8O7/c1-33(2)30(24-7-5-4-6-8-24)15-11-22(12-16-30)20-32-29(35)37-34-17-13-23(14-18-34)27-21-31-28-10-9-25(36-3)19-26(27)28;7-3(8)1-6(13,5(11)12)2-4(9)10/h4-10,13,19,21-22,31H,11-12,14-18,20H2,1-3H3,(H,32,35);13H,1-2H2,(H,7,8)(H,9,10)(H,11,12). The van der Waals surface area contributed by atoms with Crippen LogP contribution in [0.15, 0.2) is 60.8 Å². The lowest BCUT2D eigenvalue weighted by Crippen LogP contribution is -2.46. The second kappa shape index (κ2) is 16.7. The molecule has 14 nitrogen and oxygen atoms in total. The molecule has 0 spiro atoms. The summed E-state index contributed by atoms with van der Waals surface area (Å²) in [6.45, 7) is 1.90. The van der Waals surface area contributed by atoms with Crippen LogP contribution in [0, 0.1) is 5.92 Å². The van der Waals surface area contributed by atoms with Gasteiger partial charge >= 0.3 is 24.0 Å². The van der Waals surface area contributed by atoms with Crippen molar-refractivity contribution in [1.29, 1.82) is 0 Å². The lowest BCUT2D eigenvalue weighted by molar-refractivity contribution is -0.170. The number of ether oxygens (including phenoxy) is 1. The Bertz CT molecular complexity index is 1660. The smallest absolute Gasteiger partial charge is 0.426 e. The van der Waals surface area contributed by atoms with Gasteiger partial charge in [-0.05, 0) is 81.5 Å². The van der Waals surface area contributed by atoms with E-state index in [0.717, 1.165) is 48.8 Å². The van der Waals surface area contributed by atoms with E-state index < -0.39 is 36.4 Å². The molecule has 0 saturated heterocycles. The fourth-order valence-corrected chi connectivity index (χ4v) is 6.66. The molecular formula is C36H46N4O10. The number of benzene rings is 2. The number of hydrogen-bond acceptors (Lipinski definition) is 9. The first-order chi connectivity index (χ1) is 23.8. The van der Waals surface area contributed by atoms with Crippen LogP contribution in [0.3, 0.4) is 0 Å². The number of aliphatic hydroxyl groups is 1. The highest BCUT2D eigenvalue weighted by molar-refractivity contribution is 5.93. The third-order valence-corrected chi connectivity index (χ3v) is 9.54. The average Bonchev–Trinajstić information content (AvgIpc) is 3.51. The van der Waals surface area contributed by atoms with Gasteiger partial charge < -0.3 is 40.3 Å². The summed E-state index contributed by atoms with van der Waals surface area (Å²) < 4.78 is 5.39. The normalized spacial score (nSPS) is 19.5. The summed E-state index contributed by atoms with van der Waals surface area (Å²) in [5.41, 5.74) is 2.24. The van der Waals surface area contributed by atoms with Gasteiger partial charge in [0.25, 0.3) is 0 Å². The predicted molar refractivity (Wildman–Crippen MR) is 184 cm³/mol. The van der Waals surface area contributed by atoms with Gasteiger partial charge in [-0.25, -0.2) is 9.59 Å². The van der Waals surface area contributed by atoms with Gasteiger partial charge in [-0.1, -0.05) is 36.4 Å². The minimum atomic E-state index is -2.74. The predicted octanol–water partition coefficient (Wildman–Crippen LogP) is 4.31. The molecule has 14 heteroatoms. The maximum Gasteiger partial charge on any atom is 0.426 e. The monoisotopic (exact) mass is 694 g/mol. The third-order valence-electron chi connectivity index (χ3n) is 9.54. The molecule has 1 aliphatic heterocycles. The minimum absolute atomic E-state index is 0.0754. The number of aromatic nitrogens is 1. The highest BCUT2D eigenvalue weighted by Crippen LogP contribution is 2.43. The first-order valence-corrected chi connectivity index (χ1v) is 16.4. The van der Waals surface area contributed by atoms with Crippen LogP contribution in [0.4, 0.5) is 4.79 Å². The Balaban J connectivity index is 0.000000369. The Labute approximate surface area is 290 Å². The molecule has 1 saturated carbocycles. The number of aromatic amines is 1. The summed E-state index contributed by atoms with van der Waals surface area (Å²) in [6.07, 6.45) is 6.69. The number of rotatable bonds is 12. The zero-order valence-corrected chi connectivity index (χ0v) is 28.6. The van der Waals surface area contributed by atoms with Gasteiger partial charge in [0.1, 0.15) is 5.75 Å². The molecule has 5 rings (SSSR count). The van der Waals surface area contributed by atoms with Gasteiger partial charge in [0, 0.05) is 41.3 Å². The van der Waals surface area contributed by atoms with Crippen molar-refractivity contribution in [3.8, 4) is 5.75 Å². The summed E-state index contributed by atoms with van der Waals surface area (Å²) in [7, 11) is 6.04. The van der Waals surface area contributed by atoms with E-state index in [1.807, 2.05) is 18.3 Å². The topological polar surface area (TPSA) is 202 Å². The summed E-state index contributed by atoms with van der Waals surface area (Å²) >= 11 is 0. The molecule has 1 fully saturated rings. The molecule has 1 amide bonds. The molecule has 3 aromatic rings. The minimum Gasteiger partial charge on any atom is -0.497 e. The number of hydrogen-bond donors (Lipinski definition) is 6. The van der Waals surface area contributed by atoms with E-state index in [-0.39, 0.29) is 11.6 Å². The molecule has 1 aromatic heterocycles. The number of carbonyl (C=O) groups excluding carboxylic acids is 1. The zero-order valence-electron chi connectivity index (χ0n) is 28.6. The zero-order chi connectivity index (χ0) is 36.5. The summed E-state index contributed by atoms with van der Waals surface area (Å²) in [5, 5.41) is 39.7. The number of fused-ring (bicyclic) bond motifs is 1. The molecule has 6 N–H and O–H groups in total. The Morgan fingerprint density at radius 3 is 2.22 bits per heavy atom. The Morgan fingerprint density at radius 1 is 1.02 bits per heavy atom. The fourth-order valence-electron chi connectivity index (χ4n) is 6.66. The van der Waals surface area contributed by atoms with Crippen LogP contribution >= 0.6 is 0 Å². The van der Waals surface area contributed by atoms with Gasteiger partial charge in [0.2, 0.25) is 0 Å². The summed E-state index contributed by atoms with van der Waals surface area (Å²) in [4.78, 5) is 54.4. The first-order valence-electron chi connectivity index (χ1n) is 16.4. The number of nitrogens with one attached hydrogen (secondary N) is 2. The van der Waals surface area contributed by atoms with Crippen molar-refractivity contribution >= 4 is 40.5 Å². The fraction of sp³-hybridized carbons (Fsp3) is 0.444. The van der Waals surface area contributed by atoms with Crippen LogP contribution in [-0.2, 0) is 24.8 Å². The van der Waals surface area contributed by atoms with E-state index in [0.29, 0.717) is 25.6 Å². The highest BCUT2D eigenvalue weighted by Gasteiger charge is 2.41. The van der Waals surface area contributed by atoms with E-state index in [2.05, 4.69) is 71.8 Å². The van der Waals surface area contributed by atoms with Crippen LogP contribution in [0.25, 0.3) is 16.5 Å². The molecule has 0 atom stereocenters. The second-order valence-corrected chi connectivity index (χ2v) is 13.0. The SMILES string of the molecule is COc1ccc2[nH]cc(C3=CCN(OC(=O)NCC4CCC(c5ccccc5)(N(C)C)CC4)CC3)c2c1.O=C(O)CC(O)(CC(=O)O)C(=O)O. The number of hydroxylamine groups is 2. The van der Waals surface area contributed by atoms with Crippen LogP contribution in [0.5, 0.6) is 5.75 Å². The molecule has 50 heavy (non-hydrogen) atoms. The number of carboxylic acids is 3. The number of carbonyl (C=O) groups is 4. The molecule has 0 unspecified atom stereocenters. The van der Waals surface area contributed by atoms with Crippen LogP contribution in [-0.4, -0.2) is 106 Å². The van der Waals surface area contributed by atoms with Crippen molar-refractivity contribution in [3.63, 3.8) is 0 Å².